The van der Waals surface area contributed by atoms with E-state index in [0.29, 0.717) is 6.04 Å². The summed E-state index contributed by atoms with van der Waals surface area (Å²) in [6, 6.07) is 8.92. The minimum Gasteiger partial charge on any atom is -0.368 e. The summed E-state index contributed by atoms with van der Waals surface area (Å²) in [7, 11) is 1.91. The number of hydrogen-bond acceptors (Lipinski definition) is 3. The molecule has 3 heteroatoms. The SMILES string of the molecule is CCC(C)N(CC)c1ccc(CNC)cc1C#N. The molecule has 0 fully saturated rings. The molecular weight excluding hydrogens is 222 g/mol. The third-order valence-electron chi connectivity index (χ3n) is 3.34. The molecule has 0 heterocycles. The number of hydrogen-bond donors (Lipinski definition) is 1. The lowest BCUT2D eigenvalue weighted by Crippen LogP contribution is -2.32. The largest absolute Gasteiger partial charge is 0.368 e. The maximum absolute atomic E-state index is 9.31. The van der Waals surface area contributed by atoms with Gasteiger partial charge >= 0.3 is 0 Å². The summed E-state index contributed by atoms with van der Waals surface area (Å²) in [6.07, 6.45) is 1.08. The fourth-order valence-electron chi connectivity index (χ4n) is 2.18. The van der Waals surface area contributed by atoms with Crippen LogP contribution in [-0.2, 0) is 6.54 Å². The highest BCUT2D eigenvalue weighted by Crippen LogP contribution is 2.24. The normalized spacial score (nSPS) is 11.9. The zero-order chi connectivity index (χ0) is 13.5. The van der Waals surface area contributed by atoms with Crippen molar-refractivity contribution in [2.75, 3.05) is 18.5 Å². The number of benzene rings is 1. The lowest BCUT2D eigenvalue weighted by atomic mass is 10.1. The van der Waals surface area contributed by atoms with E-state index >= 15 is 0 Å². The van der Waals surface area contributed by atoms with Crippen LogP contribution in [0.15, 0.2) is 18.2 Å². The second kappa shape index (κ2) is 7.03. The Kier molecular flexibility index (Phi) is 5.67. The molecule has 0 saturated heterocycles. The predicted octanol–water partition coefficient (Wildman–Crippen LogP) is 2.90. The van der Waals surface area contributed by atoms with Gasteiger partial charge in [-0.25, -0.2) is 0 Å². The van der Waals surface area contributed by atoms with Gasteiger partial charge in [-0.05, 0) is 45.0 Å². The minimum atomic E-state index is 0.456. The summed E-state index contributed by atoms with van der Waals surface area (Å²) in [6.45, 7) is 8.23. The number of nitriles is 1. The van der Waals surface area contributed by atoms with E-state index in [0.717, 1.165) is 36.3 Å². The lowest BCUT2D eigenvalue weighted by Gasteiger charge is -2.30. The molecule has 1 aromatic rings. The average Bonchev–Trinajstić information content (AvgIpc) is 2.40. The van der Waals surface area contributed by atoms with Crippen molar-refractivity contribution in [3.63, 3.8) is 0 Å². The molecule has 0 bridgehead atoms. The van der Waals surface area contributed by atoms with E-state index in [1.807, 2.05) is 13.1 Å². The molecule has 0 aliphatic carbocycles. The second-order valence-corrected chi connectivity index (χ2v) is 4.54. The van der Waals surface area contributed by atoms with Gasteiger partial charge in [0.15, 0.2) is 0 Å². The van der Waals surface area contributed by atoms with Crippen molar-refractivity contribution < 1.29 is 0 Å². The quantitative estimate of drug-likeness (QED) is 0.837. The van der Waals surface area contributed by atoms with Gasteiger partial charge in [0, 0.05) is 19.1 Å². The Labute approximate surface area is 110 Å². The smallest absolute Gasteiger partial charge is 0.101 e. The Hall–Kier alpha value is -1.53. The maximum Gasteiger partial charge on any atom is 0.101 e. The topological polar surface area (TPSA) is 39.1 Å². The molecule has 1 rings (SSSR count). The minimum absolute atomic E-state index is 0.456. The summed E-state index contributed by atoms with van der Waals surface area (Å²) < 4.78 is 0. The molecule has 1 atom stereocenters. The van der Waals surface area contributed by atoms with Crippen molar-refractivity contribution in [1.29, 1.82) is 5.26 Å². The summed E-state index contributed by atoms with van der Waals surface area (Å²) in [5.74, 6) is 0. The summed E-state index contributed by atoms with van der Waals surface area (Å²) in [5, 5.41) is 12.4. The highest BCUT2D eigenvalue weighted by Gasteiger charge is 2.14. The molecule has 18 heavy (non-hydrogen) atoms. The average molecular weight is 245 g/mol. The van der Waals surface area contributed by atoms with Crippen LogP contribution in [0, 0.1) is 11.3 Å². The van der Waals surface area contributed by atoms with Crippen LogP contribution in [0.4, 0.5) is 5.69 Å². The third-order valence-corrected chi connectivity index (χ3v) is 3.34. The van der Waals surface area contributed by atoms with Gasteiger partial charge in [-0.1, -0.05) is 13.0 Å². The van der Waals surface area contributed by atoms with Crippen molar-refractivity contribution in [3.05, 3.63) is 29.3 Å². The number of rotatable bonds is 6. The van der Waals surface area contributed by atoms with Crippen molar-refractivity contribution >= 4 is 5.69 Å². The first kappa shape index (κ1) is 14.5. The third kappa shape index (κ3) is 3.24. The van der Waals surface area contributed by atoms with E-state index in [2.05, 4.69) is 49.2 Å². The Morgan fingerprint density at radius 3 is 2.61 bits per heavy atom. The van der Waals surface area contributed by atoms with E-state index in [-0.39, 0.29) is 0 Å². The molecule has 0 spiro atoms. The Morgan fingerprint density at radius 1 is 1.39 bits per heavy atom. The lowest BCUT2D eigenvalue weighted by molar-refractivity contribution is 0.629. The van der Waals surface area contributed by atoms with Gasteiger partial charge in [0.1, 0.15) is 6.07 Å². The number of anilines is 1. The van der Waals surface area contributed by atoms with Crippen molar-refractivity contribution in [2.45, 2.75) is 39.8 Å². The zero-order valence-electron chi connectivity index (χ0n) is 11.8. The maximum atomic E-state index is 9.31. The standard InChI is InChI=1S/C15H23N3/c1-5-12(3)18(6-2)15-8-7-13(11-17-4)9-14(15)10-16/h7-9,12,17H,5-6,11H2,1-4H3. The van der Waals surface area contributed by atoms with Crippen molar-refractivity contribution in [3.8, 4) is 6.07 Å². The fraction of sp³-hybridized carbons (Fsp3) is 0.533. The highest BCUT2D eigenvalue weighted by atomic mass is 15.1. The Balaban J connectivity index is 3.11. The van der Waals surface area contributed by atoms with Gasteiger partial charge in [-0.15, -0.1) is 0 Å². The van der Waals surface area contributed by atoms with E-state index in [9.17, 15) is 5.26 Å². The molecular formula is C15H23N3. The Bertz CT molecular complexity index is 420. The molecule has 0 aliphatic heterocycles. The Morgan fingerprint density at radius 2 is 2.11 bits per heavy atom. The van der Waals surface area contributed by atoms with E-state index in [1.54, 1.807) is 0 Å². The van der Waals surface area contributed by atoms with Crippen LogP contribution >= 0.6 is 0 Å². The molecule has 1 N–H and O–H groups in total. The highest BCUT2D eigenvalue weighted by molar-refractivity contribution is 5.61. The first-order chi connectivity index (χ1) is 8.67. The van der Waals surface area contributed by atoms with Gasteiger partial charge in [0.05, 0.1) is 11.3 Å². The van der Waals surface area contributed by atoms with Crippen molar-refractivity contribution in [1.82, 2.24) is 5.32 Å². The summed E-state index contributed by atoms with van der Waals surface area (Å²) >= 11 is 0. The molecule has 0 amide bonds. The molecule has 3 nitrogen and oxygen atoms in total. The molecule has 0 aromatic heterocycles. The first-order valence-electron chi connectivity index (χ1n) is 6.62. The molecule has 0 aliphatic rings. The molecule has 1 unspecified atom stereocenters. The predicted molar refractivity (Wildman–Crippen MR) is 76.7 cm³/mol. The van der Waals surface area contributed by atoms with Crippen LogP contribution in [-0.4, -0.2) is 19.6 Å². The zero-order valence-corrected chi connectivity index (χ0v) is 11.8. The van der Waals surface area contributed by atoms with E-state index in [1.165, 1.54) is 0 Å². The van der Waals surface area contributed by atoms with Crippen LogP contribution in [0.3, 0.4) is 0 Å². The van der Waals surface area contributed by atoms with Crippen LogP contribution in [0.2, 0.25) is 0 Å². The monoisotopic (exact) mass is 245 g/mol. The number of nitrogens with one attached hydrogen (secondary N) is 1. The van der Waals surface area contributed by atoms with Gasteiger partial charge in [0.25, 0.3) is 0 Å². The van der Waals surface area contributed by atoms with E-state index < -0.39 is 0 Å². The van der Waals surface area contributed by atoms with Crippen LogP contribution < -0.4 is 10.2 Å². The van der Waals surface area contributed by atoms with Crippen LogP contribution in [0.5, 0.6) is 0 Å². The fourth-order valence-corrected chi connectivity index (χ4v) is 2.18. The first-order valence-corrected chi connectivity index (χ1v) is 6.62. The van der Waals surface area contributed by atoms with Crippen LogP contribution in [0.25, 0.3) is 0 Å². The van der Waals surface area contributed by atoms with Gasteiger partial charge in [0.2, 0.25) is 0 Å². The molecule has 1 aromatic carbocycles. The second-order valence-electron chi connectivity index (χ2n) is 4.54. The van der Waals surface area contributed by atoms with Gasteiger partial charge in [-0.2, -0.15) is 5.26 Å². The van der Waals surface area contributed by atoms with Crippen LogP contribution in [0.1, 0.15) is 38.3 Å². The molecule has 98 valence electrons. The van der Waals surface area contributed by atoms with Gasteiger partial charge in [-0.3, -0.25) is 0 Å². The molecule has 0 radical (unpaired) electrons. The van der Waals surface area contributed by atoms with Crippen molar-refractivity contribution in [2.24, 2.45) is 0 Å². The van der Waals surface area contributed by atoms with Gasteiger partial charge < -0.3 is 10.2 Å². The summed E-state index contributed by atoms with van der Waals surface area (Å²) in [4.78, 5) is 2.29. The van der Waals surface area contributed by atoms with E-state index in [4.69, 9.17) is 0 Å². The molecule has 0 saturated carbocycles. The number of nitrogens with zero attached hydrogens (tertiary/aromatic N) is 2. The summed E-state index contributed by atoms with van der Waals surface area (Å²) in [5.41, 5.74) is 2.97.